The summed E-state index contributed by atoms with van der Waals surface area (Å²) in [5, 5.41) is 11.5. The summed E-state index contributed by atoms with van der Waals surface area (Å²) in [5.74, 6) is -0.136. The van der Waals surface area contributed by atoms with Crippen LogP contribution in [-0.4, -0.2) is 29.2 Å². The van der Waals surface area contributed by atoms with Gasteiger partial charge in [0, 0.05) is 12.0 Å². The summed E-state index contributed by atoms with van der Waals surface area (Å²) in [4.78, 5) is 23.5. The van der Waals surface area contributed by atoms with Crippen LogP contribution in [0.5, 0.6) is 11.5 Å². The molecule has 0 radical (unpaired) electrons. The maximum atomic E-state index is 12.1. The van der Waals surface area contributed by atoms with Gasteiger partial charge in [0.25, 0.3) is 5.91 Å². The van der Waals surface area contributed by atoms with Crippen molar-refractivity contribution in [2.24, 2.45) is 0 Å². The number of methoxy groups -OCH3 is 1. The lowest BCUT2D eigenvalue weighted by atomic mass is 10.2. The van der Waals surface area contributed by atoms with Gasteiger partial charge in [0.05, 0.1) is 7.11 Å². The van der Waals surface area contributed by atoms with E-state index in [-0.39, 0.29) is 24.0 Å². The minimum Gasteiger partial charge on any atom is -0.493 e. The Morgan fingerprint density at radius 2 is 2.05 bits per heavy atom. The van der Waals surface area contributed by atoms with Crippen LogP contribution >= 0.6 is 11.3 Å². The van der Waals surface area contributed by atoms with E-state index in [1.165, 1.54) is 30.6 Å². The predicted molar refractivity (Wildman–Crippen MR) is 81.5 cm³/mol. The van der Waals surface area contributed by atoms with Crippen LogP contribution in [0.1, 0.15) is 28.7 Å². The third kappa shape index (κ3) is 3.79. The minimum absolute atomic E-state index is 0.252. The highest BCUT2D eigenvalue weighted by molar-refractivity contribution is 7.15. The summed E-state index contributed by atoms with van der Waals surface area (Å²) >= 11 is 1.28. The van der Waals surface area contributed by atoms with E-state index in [4.69, 9.17) is 9.47 Å². The Kier molecular flexibility index (Phi) is 5.05. The van der Waals surface area contributed by atoms with Crippen molar-refractivity contribution in [2.45, 2.75) is 20.3 Å². The molecular formula is C14H15N3O4S. The minimum atomic E-state index is -0.375. The molecule has 0 atom stereocenters. The summed E-state index contributed by atoms with van der Waals surface area (Å²) in [6.07, 6.45) is 0.252. The van der Waals surface area contributed by atoms with E-state index in [1.807, 2.05) is 0 Å². The number of aryl methyl sites for hydroxylation is 1. The Balaban J connectivity index is 2.17. The first-order chi connectivity index (χ1) is 10.5. The second-order valence-corrected chi connectivity index (χ2v) is 5.46. The zero-order chi connectivity index (χ0) is 16.1. The SMILES string of the molecule is CCC(=O)Oc1ccc(C(=O)Nc2nnc(C)s2)cc1OC. The Morgan fingerprint density at radius 3 is 2.64 bits per heavy atom. The number of aromatic nitrogens is 2. The van der Waals surface area contributed by atoms with Crippen molar-refractivity contribution in [3.05, 3.63) is 28.8 Å². The Labute approximate surface area is 131 Å². The molecule has 1 aromatic heterocycles. The fraction of sp³-hybridized carbons (Fsp3) is 0.286. The summed E-state index contributed by atoms with van der Waals surface area (Å²) < 4.78 is 10.3. The van der Waals surface area contributed by atoms with E-state index in [1.54, 1.807) is 19.9 Å². The van der Waals surface area contributed by atoms with Crippen molar-refractivity contribution in [1.29, 1.82) is 0 Å². The molecule has 22 heavy (non-hydrogen) atoms. The largest absolute Gasteiger partial charge is 0.493 e. The van der Waals surface area contributed by atoms with Gasteiger partial charge in [0.1, 0.15) is 5.01 Å². The lowest BCUT2D eigenvalue weighted by Gasteiger charge is -2.10. The zero-order valence-electron chi connectivity index (χ0n) is 12.4. The first-order valence-electron chi connectivity index (χ1n) is 6.53. The van der Waals surface area contributed by atoms with Gasteiger partial charge in [-0.3, -0.25) is 14.9 Å². The molecule has 0 aliphatic carbocycles. The molecule has 2 aromatic rings. The molecule has 0 saturated heterocycles. The number of anilines is 1. The normalized spacial score (nSPS) is 10.1. The van der Waals surface area contributed by atoms with Crippen LogP contribution in [0, 0.1) is 6.92 Å². The smallest absolute Gasteiger partial charge is 0.311 e. The maximum absolute atomic E-state index is 12.1. The van der Waals surface area contributed by atoms with E-state index in [0.717, 1.165) is 5.01 Å². The summed E-state index contributed by atoms with van der Waals surface area (Å²) in [5.41, 5.74) is 0.362. The van der Waals surface area contributed by atoms with Gasteiger partial charge in [-0.25, -0.2) is 0 Å². The number of hydrogen-bond acceptors (Lipinski definition) is 7. The van der Waals surface area contributed by atoms with E-state index in [9.17, 15) is 9.59 Å². The van der Waals surface area contributed by atoms with Crippen LogP contribution in [-0.2, 0) is 4.79 Å². The first-order valence-corrected chi connectivity index (χ1v) is 7.35. The van der Waals surface area contributed by atoms with Gasteiger partial charge in [-0.1, -0.05) is 18.3 Å². The molecule has 1 aromatic carbocycles. The number of benzene rings is 1. The van der Waals surface area contributed by atoms with Gasteiger partial charge in [0.15, 0.2) is 11.5 Å². The highest BCUT2D eigenvalue weighted by atomic mass is 32.1. The third-order valence-corrected chi connectivity index (χ3v) is 3.44. The number of esters is 1. The molecule has 2 rings (SSSR count). The van der Waals surface area contributed by atoms with Crippen LogP contribution < -0.4 is 14.8 Å². The lowest BCUT2D eigenvalue weighted by Crippen LogP contribution is -2.12. The van der Waals surface area contributed by atoms with E-state index in [2.05, 4.69) is 15.5 Å². The molecule has 0 bridgehead atoms. The van der Waals surface area contributed by atoms with E-state index < -0.39 is 0 Å². The average Bonchev–Trinajstić information content (AvgIpc) is 2.92. The average molecular weight is 321 g/mol. The number of rotatable bonds is 5. The molecule has 0 aliphatic rings. The monoisotopic (exact) mass is 321 g/mol. The Hall–Kier alpha value is -2.48. The van der Waals surface area contributed by atoms with Gasteiger partial charge in [0.2, 0.25) is 5.13 Å². The maximum Gasteiger partial charge on any atom is 0.311 e. The predicted octanol–water partition coefficient (Wildman–Crippen LogP) is 2.42. The van der Waals surface area contributed by atoms with Crippen LogP contribution in [0.3, 0.4) is 0 Å². The van der Waals surface area contributed by atoms with E-state index >= 15 is 0 Å². The molecule has 0 aliphatic heterocycles. The van der Waals surface area contributed by atoms with Gasteiger partial charge in [-0.15, -0.1) is 10.2 Å². The highest BCUT2D eigenvalue weighted by Gasteiger charge is 2.14. The number of nitrogens with one attached hydrogen (secondary N) is 1. The van der Waals surface area contributed by atoms with E-state index in [0.29, 0.717) is 16.4 Å². The molecular weight excluding hydrogens is 306 g/mol. The summed E-state index contributed by atoms with van der Waals surface area (Å²) in [6, 6.07) is 4.57. The molecule has 0 saturated carbocycles. The molecule has 1 heterocycles. The van der Waals surface area contributed by atoms with Crippen molar-refractivity contribution in [3.63, 3.8) is 0 Å². The van der Waals surface area contributed by atoms with Crippen molar-refractivity contribution >= 4 is 28.3 Å². The number of carbonyl (C=O) groups is 2. The number of ether oxygens (including phenoxy) is 2. The van der Waals surface area contributed by atoms with Crippen molar-refractivity contribution in [2.75, 3.05) is 12.4 Å². The first kappa shape index (κ1) is 15.9. The van der Waals surface area contributed by atoms with Gasteiger partial charge in [-0.2, -0.15) is 0 Å². The van der Waals surface area contributed by atoms with Crippen molar-refractivity contribution in [3.8, 4) is 11.5 Å². The quantitative estimate of drug-likeness (QED) is 0.672. The summed E-state index contributed by atoms with van der Waals surface area (Å²) in [7, 11) is 1.44. The molecule has 0 fully saturated rings. The second kappa shape index (κ2) is 6.99. The molecule has 1 amide bonds. The zero-order valence-corrected chi connectivity index (χ0v) is 13.2. The standard InChI is InChI=1S/C14H15N3O4S/c1-4-12(18)21-10-6-5-9(7-11(10)20-3)13(19)15-14-17-16-8(2)22-14/h5-7H,4H2,1-3H3,(H,15,17,19). The topological polar surface area (TPSA) is 90.4 Å². The van der Waals surface area contributed by atoms with Crippen molar-refractivity contribution < 1.29 is 19.1 Å². The Morgan fingerprint density at radius 1 is 1.27 bits per heavy atom. The fourth-order valence-corrected chi connectivity index (χ4v) is 2.19. The van der Waals surface area contributed by atoms with Crippen LogP contribution in [0.15, 0.2) is 18.2 Å². The highest BCUT2D eigenvalue weighted by Crippen LogP contribution is 2.29. The van der Waals surface area contributed by atoms with Gasteiger partial charge < -0.3 is 9.47 Å². The van der Waals surface area contributed by atoms with Crippen LogP contribution in [0.2, 0.25) is 0 Å². The lowest BCUT2D eigenvalue weighted by molar-refractivity contribution is -0.134. The molecule has 0 spiro atoms. The molecule has 1 N–H and O–H groups in total. The number of amides is 1. The van der Waals surface area contributed by atoms with Gasteiger partial charge >= 0.3 is 5.97 Å². The molecule has 116 valence electrons. The van der Waals surface area contributed by atoms with Gasteiger partial charge in [-0.05, 0) is 25.1 Å². The number of nitrogens with zero attached hydrogens (tertiary/aromatic N) is 2. The van der Waals surface area contributed by atoms with Crippen LogP contribution in [0.4, 0.5) is 5.13 Å². The number of carbonyl (C=O) groups excluding carboxylic acids is 2. The second-order valence-electron chi connectivity index (χ2n) is 4.27. The molecule has 8 heteroatoms. The van der Waals surface area contributed by atoms with Crippen LogP contribution in [0.25, 0.3) is 0 Å². The third-order valence-electron chi connectivity index (χ3n) is 2.68. The molecule has 7 nitrogen and oxygen atoms in total. The molecule has 0 unspecified atom stereocenters. The fourth-order valence-electron chi connectivity index (χ4n) is 1.60. The Bertz CT molecular complexity index is 699. The van der Waals surface area contributed by atoms with Crippen molar-refractivity contribution in [1.82, 2.24) is 10.2 Å². The summed E-state index contributed by atoms with van der Waals surface area (Å²) in [6.45, 7) is 3.49. The number of hydrogen-bond donors (Lipinski definition) is 1.